The summed E-state index contributed by atoms with van der Waals surface area (Å²) < 4.78 is 5.44. The van der Waals surface area contributed by atoms with Crippen molar-refractivity contribution < 1.29 is 9.53 Å². The van der Waals surface area contributed by atoms with Gasteiger partial charge in [0.05, 0.1) is 36.6 Å². The Morgan fingerprint density at radius 1 is 1.06 bits per heavy atom. The molecule has 0 bridgehead atoms. The number of rotatable bonds is 7. The Hall–Kier alpha value is -2.48. The molecule has 0 spiro atoms. The summed E-state index contributed by atoms with van der Waals surface area (Å²) in [5.41, 5.74) is 2.00. The first kappa shape index (κ1) is 21.7. The molecule has 1 aliphatic rings. The van der Waals surface area contributed by atoms with Crippen molar-refractivity contribution in [2.45, 2.75) is 36.7 Å². The Morgan fingerprint density at radius 2 is 1.77 bits per heavy atom. The summed E-state index contributed by atoms with van der Waals surface area (Å²) in [4.78, 5) is 24.8. The van der Waals surface area contributed by atoms with Crippen LogP contribution in [0.15, 0.2) is 59.6 Å². The first-order valence-corrected chi connectivity index (χ1v) is 11.6. The number of thioether (sulfide) groups is 1. The molecule has 1 aliphatic heterocycles. The molecule has 1 saturated heterocycles. The van der Waals surface area contributed by atoms with Gasteiger partial charge in [-0.05, 0) is 25.5 Å². The van der Waals surface area contributed by atoms with Gasteiger partial charge in [0.25, 0.3) is 0 Å². The molecule has 1 N–H and O–H groups in total. The van der Waals surface area contributed by atoms with Crippen LogP contribution < -0.4 is 5.32 Å². The number of morpholine rings is 1. The quantitative estimate of drug-likeness (QED) is 0.449. The molecule has 4 rings (SSSR count). The molecule has 162 valence electrons. The first-order chi connectivity index (χ1) is 15.1. The standard InChI is InChI=1S/C24H28N4O2S/c1-17(19-8-4-3-5-9-19)25-23(29)18(2)31-24-20-10-6-7-11-21(20)26-22(27-24)16-28-12-14-30-15-13-28/h3-11,17-18H,12-16H2,1-2H3,(H,25,29). The Balaban J connectivity index is 1.50. The summed E-state index contributed by atoms with van der Waals surface area (Å²) in [5, 5.41) is 4.67. The lowest BCUT2D eigenvalue weighted by Gasteiger charge is -2.26. The number of benzene rings is 2. The lowest BCUT2D eigenvalue weighted by Crippen LogP contribution is -2.36. The molecule has 2 unspecified atom stereocenters. The second-order valence-corrected chi connectivity index (χ2v) is 9.08. The van der Waals surface area contributed by atoms with Gasteiger partial charge in [0.2, 0.25) is 5.91 Å². The molecule has 1 aromatic heterocycles. The normalized spacial score (nSPS) is 16.7. The van der Waals surface area contributed by atoms with Gasteiger partial charge >= 0.3 is 0 Å². The minimum absolute atomic E-state index is 0.00113. The zero-order valence-corrected chi connectivity index (χ0v) is 18.8. The van der Waals surface area contributed by atoms with E-state index >= 15 is 0 Å². The molecule has 1 amide bonds. The monoisotopic (exact) mass is 436 g/mol. The maximum atomic E-state index is 12.9. The maximum absolute atomic E-state index is 12.9. The number of amides is 1. The van der Waals surface area contributed by atoms with E-state index in [0.717, 1.165) is 53.6 Å². The molecule has 3 aromatic rings. The van der Waals surface area contributed by atoms with Crippen molar-refractivity contribution in [3.8, 4) is 0 Å². The SMILES string of the molecule is CC(Sc1nc(CN2CCOCC2)nc2ccccc12)C(=O)NC(C)c1ccccc1. The number of ether oxygens (including phenoxy) is 1. The molecular formula is C24H28N4O2S. The van der Waals surface area contributed by atoms with Crippen molar-refractivity contribution in [1.82, 2.24) is 20.2 Å². The molecule has 0 radical (unpaired) electrons. The number of nitrogens with zero attached hydrogens (tertiary/aromatic N) is 3. The van der Waals surface area contributed by atoms with Crippen LogP contribution in [0.2, 0.25) is 0 Å². The number of carbonyl (C=O) groups excluding carboxylic acids is 1. The summed E-state index contributed by atoms with van der Waals surface area (Å²) in [7, 11) is 0. The fourth-order valence-electron chi connectivity index (χ4n) is 3.59. The Labute approximate surface area is 187 Å². The van der Waals surface area contributed by atoms with E-state index in [-0.39, 0.29) is 17.2 Å². The molecule has 7 heteroatoms. The molecule has 0 saturated carbocycles. The van der Waals surface area contributed by atoms with Gasteiger partial charge in [0, 0.05) is 18.5 Å². The van der Waals surface area contributed by atoms with Gasteiger partial charge in [-0.15, -0.1) is 0 Å². The van der Waals surface area contributed by atoms with Crippen LogP contribution >= 0.6 is 11.8 Å². The summed E-state index contributed by atoms with van der Waals surface area (Å²) in [6.07, 6.45) is 0. The average molecular weight is 437 g/mol. The Morgan fingerprint density at radius 3 is 2.55 bits per heavy atom. The minimum atomic E-state index is -0.277. The Kier molecular flexibility index (Phi) is 7.17. The van der Waals surface area contributed by atoms with Crippen molar-refractivity contribution >= 4 is 28.6 Å². The number of hydrogen-bond donors (Lipinski definition) is 1. The highest BCUT2D eigenvalue weighted by molar-refractivity contribution is 8.00. The third kappa shape index (κ3) is 5.61. The van der Waals surface area contributed by atoms with Crippen LogP contribution in [-0.4, -0.2) is 52.3 Å². The van der Waals surface area contributed by atoms with E-state index in [1.54, 1.807) is 0 Å². The average Bonchev–Trinajstić information content (AvgIpc) is 2.80. The largest absolute Gasteiger partial charge is 0.379 e. The van der Waals surface area contributed by atoms with Crippen molar-refractivity contribution in [1.29, 1.82) is 0 Å². The smallest absolute Gasteiger partial charge is 0.233 e. The van der Waals surface area contributed by atoms with E-state index in [1.807, 2.05) is 68.4 Å². The predicted octanol–water partition coefficient (Wildman–Crippen LogP) is 3.82. The number of fused-ring (bicyclic) bond motifs is 1. The van der Waals surface area contributed by atoms with E-state index in [4.69, 9.17) is 14.7 Å². The molecule has 1 fully saturated rings. The molecule has 2 atom stereocenters. The Bertz CT molecular complexity index is 1020. The molecule has 31 heavy (non-hydrogen) atoms. The van der Waals surface area contributed by atoms with E-state index in [2.05, 4.69) is 10.2 Å². The fourth-order valence-corrected chi connectivity index (χ4v) is 4.56. The van der Waals surface area contributed by atoms with Crippen molar-refractivity contribution in [2.24, 2.45) is 0 Å². The maximum Gasteiger partial charge on any atom is 0.233 e. The zero-order valence-electron chi connectivity index (χ0n) is 18.0. The summed E-state index contributed by atoms with van der Waals surface area (Å²) in [5.74, 6) is 0.784. The highest BCUT2D eigenvalue weighted by Crippen LogP contribution is 2.29. The number of nitrogens with one attached hydrogen (secondary N) is 1. The van der Waals surface area contributed by atoms with E-state index in [9.17, 15) is 4.79 Å². The first-order valence-electron chi connectivity index (χ1n) is 10.7. The summed E-state index contributed by atoms with van der Waals surface area (Å²) >= 11 is 1.49. The topological polar surface area (TPSA) is 67.3 Å². The van der Waals surface area contributed by atoms with Crippen molar-refractivity contribution in [3.05, 3.63) is 66.0 Å². The van der Waals surface area contributed by atoms with Crippen LogP contribution in [0.3, 0.4) is 0 Å². The molecule has 6 nitrogen and oxygen atoms in total. The second-order valence-electron chi connectivity index (χ2n) is 7.75. The van der Waals surface area contributed by atoms with E-state index in [1.165, 1.54) is 11.8 Å². The number of para-hydroxylation sites is 1. The minimum Gasteiger partial charge on any atom is -0.379 e. The molecule has 2 aromatic carbocycles. The van der Waals surface area contributed by atoms with Gasteiger partial charge in [-0.1, -0.05) is 60.3 Å². The van der Waals surface area contributed by atoms with Gasteiger partial charge in [-0.2, -0.15) is 0 Å². The van der Waals surface area contributed by atoms with Crippen LogP contribution in [0, 0.1) is 0 Å². The highest BCUT2D eigenvalue weighted by atomic mass is 32.2. The van der Waals surface area contributed by atoms with Crippen molar-refractivity contribution in [3.63, 3.8) is 0 Å². The van der Waals surface area contributed by atoms with E-state index < -0.39 is 0 Å². The van der Waals surface area contributed by atoms with Gasteiger partial charge < -0.3 is 10.1 Å². The number of aromatic nitrogens is 2. The van der Waals surface area contributed by atoms with Crippen LogP contribution in [0.5, 0.6) is 0 Å². The lowest BCUT2D eigenvalue weighted by molar-refractivity contribution is -0.120. The highest BCUT2D eigenvalue weighted by Gasteiger charge is 2.21. The zero-order chi connectivity index (χ0) is 21.6. The van der Waals surface area contributed by atoms with Crippen LogP contribution in [0.25, 0.3) is 10.9 Å². The molecule has 2 heterocycles. The fraction of sp³-hybridized carbons (Fsp3) is 0.375. The van der Waals surface area contributed by atoms with Crippen LogP contribution in [0.1, 0.15) is 31.3 Å². The van der Waals surface area contributed by atoms with Crippen molar-refractivity contribution in [2.75, 3.05) is 26.3 Å². The second kappa shape index (κ2) is 10.2. The summed E-state index contributed by atoms with van der Waals surface area (Å²) in [6, 6.07) is 18.0. The number of hydrogen-bond acceptors (Lipinski definition) is 6. The molecular weight excluding hydrogens is 408 g/mol. The third-order valence-corrected chi connectivity index (χ3v) is 6.50. The lowest BCUT2D eigenvalue weighted by atomic mass is 10.1. The van der Waals surface area contributed by atoms with Gasteiger partial charge in [-0.3, -0.25) is 9.69 Å². The van der Waals surface area contributed by atoms with Crippen LogP contribution in [0.4, 0.5) is 0 Å². The molecule has 0 aliphatic carbocycles. The van der Waals surface area contributed by atoms with Gasteiger partial charge in [-0.25, -0.2) is 9.97 Å². The predicted molar refractivity (Wildman–Crippen MR) is 124 cm³/mol. The van der Waals surface area contributed by atoms with Crippen LogP contribution in [-0.2, 0) is 16.1 Å². The van der Waals surface area contributed by atoms with Gasteiger partial charge in [0.15, 0.2) is 0 Å². The van der Waals surface area contributed by atoms with E-state index in [0.29, 0.717) is 6.54 Å². The number of carbonyl (C=O) groups is 1. The summed E-state index contributed by atoms with van der Waals surface area (Å²) in [6.45, 7) is 7.87. The van der Waals surface area contributed by atoms with Gasteiger partial charge in [0.1, 0.15) is 10.9 Å². The third-order valence-electron chi connectivity index (χ3n) is 5.40.